The quantitative estimate of drug-likeness (QED) is 0.682. The van der Waals surface area contributed by atoms with Crippen molar-refractivity contribution in [1.82, 2.24) is 0 Å². The molecule has 2 aliphatic carbocycles. The molecule has 5 nitrogen and oxygen atoms in total. The summed E-state index contributed by atoms with van der Waals surface area (Å²) in [6.45, 7) is 0. The number of thiophene rings is 1. The Labute approximate surface area is 122 Å². The molecule has 1 aromatic heterocycles. The van der Waals surface area contributed by atoms with Crippen LogP contribution >= 0.6 is 11.3 Å². The standard InChI is InChI=1S/C14H21N3O2S/c15-11-10(7-1-2-7)14(20-12(11)13(16)19)17-8-3-5-9(18)6-4-8/h7-9,17-18H,1-6,15H2,(H2,16,19). The lowest BCUT2D eigenvalue weighted by Gasteiger charge is -2.27. The van der Waals surface area contributed by atoms with Crippen LogP contribution in [0.1, 0.15) is 59.7 Å². The molecule has 0 spiro atoms. The number of nitrogens with one attached hydrogen (secondary N) is 1. The van der Waals surface area contributed by atoms with Crippen LogP contribution in [0.4, 0.5) is 10.7 Å². The Morgan fingerprint density at radius 1 is 1.20 bits per heavy atom. The predicted octanol–water partition coefficient (Wildman–Crippen LogP) is 2.02. The molecule has 1 aromatic rings. The second-order valence-electron chi connectivity index (χ2n) is 5.88. The van der Waals surface area contributed by atoms with E-state index in [-0.39, 0.29) is 6.10 Å². The first-order chi connectivity index (χ1) is 9.56. The minimum absolute atomic E-state index is 0.162. The van der Waals surface area contributed by atoms with Crippen LogP contribution in [0.3, 0.4) is 0 Å². The molecule has 3 rings (SSSR count). The number of amides is 1. The van der Waals surface area contributed by atoms with Gasteiger partial charge in [0.25, 0.3) is 5.91 Å². The Morgan fingerprint density at radius 2 is 1.85 bits per heavy atom. The van der Waals surface area contributed by atoms with Gasteiger partial charge in [0.1, 0.15) is 4.88 Å². The molecule has 2 aliphatic rings. The summed E-state index contributed by atoms with van der Waals surface area (Å²) in [5, 5.41) is 14.1. The van der Waals surface area contributed by atoms with Gasteiger partial charge in [0.05, 0.1) is 16.8 Å². The number of anilines is 2. The van der Waals surface area contributed by atoms with Crippen molar-refractivity contribution in [2.75, 3.05) is 11.1 Å². The predicted molar refractivity (Wildman–Crippen MR) is 81.1 cm³/mol. The maximum Gasteiger partial charge on any atom is 0.260 e. The number of primary amides is 1. The number of hydrogen-bond donors (Lipinski definition) is 4. The first kappa shape index (κ1) is 13.7. The highest BCUT2D eigenvalue weighted by Gasteiger charge is 2.33. The molecule has 0 unspecified atom stereocenters. The molecule has 0 aromatic carbocycles. The number of aliphatic hydroxyl groups excluding tert-OH is 1. The Kier molecular flexibility index (Phi) is 3.60. The maximum absolute atomic E-state index is 11.5. The topological polar surface area (TPSA) is 101 Å². The molecule has 1 heterocycles. The molecule has 6 N–H and O–H groups in total. The molecular formula is C14H21N3O2S. The van der Waals surface area contributed by atoms with E-state index in [9.17, 15) is 9.90 Å². The van der Waals surface area contributed by atoms with Gasteiger partial charge in [-0.05, 0) is 44.4 Å². The zero-order valence-corrected chi connectivity index (χ0v) is 12.2. The summed E-state index contributed by atoms with van der Waals surface area (Å²) < 4.78 is 0. The van der Waals surface area contributed by atoms with Crippen LogP contribution < -0.4 is 16.8 Å². The number of nitrogens with two attached hydrogens (primary N) is 2. The van der Waals surface area contributed by atoms with E-state index in [0.29, 0.717) is 22.5 Å². The number of rotatable bonds is 4. The first-order valence-corrected chi connectivity index (χ1v) is 8.04. The van der Waals surface area contributed by atoms with E-state index >= 15 is 0 Å². The Morgan fingerprint density at radius 3 is 2.40 bits per heavy atom. The highest BCUT2D eigenvalue weighted by Crippen LogP contribution is 2.51. The van der Waals surface area contributed by atoms with Crippen LogP contribution in [0.25, 0.3) is 0 Å². The van der Waals surface area contributed by atoms with Gasteiger partial charge in [-0.25, -0.2) is 0 Å². The first-order valence-electron chi connectivity index (χ1n) is 7.22. The number of carbonyl (C=O) groups is 1. The van der Waals surface area contributed by atoms with Gasteiger partial charge in [0, 0.05) is 11.6 Å². The molecule has 0 aliphatic heterocycles. The van der Waals surface area contributed by atoms with E-state index in [1.807, 2.05) is 0 Å². The fourth-order valence-corrected chi connectivity index (χ4v) is 4.07. The Bertz CT molecular complexity index is 517. The lowest BCUT2D eigenvalue weighted by molar-refractivity contribution is 0.100. The second kappa shape index (κ2) is 5.26. The normalized spacial score (nSPS) is 26.4. The number of nitrogen functional groups attached to an aromatic ring is 1. The average molecular weight is 295 g/mol. The van der Waals surface area contributed by atoms with Crippen molar-refractivity contribution >= 4 is 27.9 Å². The van der Waals surface area contributed by atoms with Crippen molar-refractivity contribution in [3.8, 4) is 0 Å². The Hall–Kier alpha value is -1.27. The molecule has 0 saturated heterocycles. The van der Waals surface area contributed by atoms with Gasteiger partial charge in [-0.2, -0.15) is 0 Å². The smallest absolute Gasteiger partial charge is 0.260 e. The van der Waals surface area contributed by atoms with E-state index in [1.54, 1.807) is 0 Å². The van der Waals surface area contributed by atoms with Gasteiger partial charge in [-0.3, -0.25) is 4.79 Å². The highest BCUT2D eigenvalue weighted by atomic mass is 32.1. The molecule has 20 heavy (non-hydrogen) atoms. The van der Waals surface area contributed by atoms with Gasteiger partial charge in [-0.15, -0.1) is 11.3 Å². The molecule has 110 valence electrons. The number of hydrogen-bond acceptors (Lipinski definition) is 5. The lowest BCUT2D eigenvalue weighted by atomic mass is 9.93. The van der Waals surface area contributed by atoms with Crippen molar-refractivity contribution in [3.05, 3.63) is 10.4 Å². The van der Waals surface area contributed by atoms with E-state index in [0.717, 1.165) is 49.1 Å². The van der Waals surface area contributed by atoms with E-state index in [4.69, 9.17) is 11.5 Å². The summed E-state index contributed by atoms with van der Waals surface area (Å²) in [7, 11) is 0. The summed E-state index contributed by atoms with van der Waals surface area (Å²) >= 11 is 1.38. The third-order valence-corrected chi connectivity index (χ3v) is 5.39. The van der Waals surface area contributed by atoms with Crippen LogP contribution in [-0.2, 0) is 0 Å². The monoisotopic (exact) mass is 295 g/mol. The summed E-state index contributed by atoms with van der Waals surface area (Å²) in [6.07, 6.45) is 5.68. The maximum atomic E-state index is 11.5. The highest BCUT2D eigenvalue weighted by molar-refractivity contribution is 7.18. The SMILES string of the molecule is NC(=O)c1sc(NC2CCC(O)CC2)c(C2CC2)c1N. The van der Waals surface area contributed by atoms with Crippen molar-refractivity contribution in [1.29, 1.82) is 0 Å². The molecule has 2 fully saturated rings. The third kappa shape index (κ3) is 2.62. The van der Waals surface area contributed by atoms with Crippen LogP contribution in [0.5, 0.6) is 0 Å². The summed E-state index contributed by atoms with van der Waals surface area (Å²) in [6, 6.07) is 0.356. The lowest BCUT2D eigenvalue weighted by Crippen LogP contribution is -2.28. The zero-order chi connectivity index (χ0) is 14.3. The molecule has 0 atom stereocenters. The summed E-state index contributed by atoms with van der Waals surface area (Å²) in [4.78, 5) is 11.9. The van der Waals surface area contributed by atoms with Gasteiger partial charge in [0.2, 0.25) is 0 Å². The van der Waals surface area contributed by atoms with Gasteiger partial charge >= 0.3 is 0 Å². The molecule has 0 radical (unpaired) electrons. The van der Waals surface area contributed by atoms with Crippen molar-refractivity contribution in [2.24, 2.45) is 5.73 Å². The molecule has 2 saturated carbocycles. The van der Waals surface area contributed by atoms with Crippen molar-refractivity contribution in [3.63, 3.8) is 0 Å². The minimum Gasteiger partial charge on any atom is -0.397 e. The number of carbonyl (C=O) groups excluding carboxylic acids is 1. The van der Waals surface area contributed by atoms with Crippen LogP contribution in [-0.4, -0.2) is 23.2 Å². The fraction of sp³-hybridized carbons (Fsp3) is 0.643. The Balaban J connectivity index is 1.81. The average Bonchev–Trinajstić information content (AvgIpc) is 3.17. The van der Waals surface area contributed by atoms with E-state index in [1.165, 1.54) is 11.3 Å². The van der Waals surface area contributed by atoms with Crippen molar-refractivity contribution in [2.45, 2.75) is 56.6 Å². The fourth-order valence-electron chi connectivity index (χ4n) is 2.93. The van der Waals surface area contributed by atoms with Crippen LogP contribution in [0.15, 0.2) is 0 Å². The second-order valence-corrected chi connectivity index (χ2v) is 6.90. The molecule has 0 bridgehead atoms. The minimum atomic E-state index is -0.443. The molecule has 6 heteroatoms. The third-order valence-electron chi connectivity index (χ3n) is 4.22. The van der Waals surface area contributed by atoms with E-state index < -0.39 is 5.91 Å². The van der Waals surface area contributed by atoms with Gasteiger partial charge < -0.3 is 21.9 Å². The van der Waals surface area contributed by atoms with Crippen molar-refractivity contribution < 1.29 is 9.90 Å². The molecule has 1 amide bonds. The van der Waals surface area contributed by atoms with Crippen LogP contribution in [0.2, 0.25) is 0 Å². The van der Waals surface area contributed by atoms with E-state index in [2.05, 4.69) is 5.32 Å². The summed E-state index contributed by atoms with van der Waals surface area (Å²) in [5.41, 5.74) is 13.2. The summed E-state index contributed by atoms with van der Waals surface area (Å²) in [5.74, 6) is 0.0394. The van der Waals surface area contributed by atoms with Gasteiger partial charge in [0.15, 0.2) is 0 Å². The van der Waals surface area contributed by atoms with Crippen LogP contribution in [0, 0.1) is 0 Å². The molecular weight excluding hydrogens is 274 g/mol. The van der Waals surface area contributed by atoms with Gasteiger partial charge in [-0.1, -0.05) is 0 Å². The number of aliphatic hydroxyl groups is 1. The zero-order valence-electron chi connectivity index (χ0n) is 11.4. The largest absolute Gasteiger partial charge is 0.397 e.